The fourth-order valence-corrected chi connectivity index (χ4v) is 2.69. The number of amides is 3. The Morgan fingerprint density at radius 1 is 1.05 bits per heavy atom. The molecule has 4 rings (SSSR count). The fourth-order valence-electron chi connectivity index (χ4n) is 2.69. The molecule has 2 aromatic carbocycles. The first-order valence-corrected chi connectivity index (χ1v) is 6.94. The molecular weight excluding hydrogens is 280 g/mol. The number of para-hydroxylation sites is 1. The average Bonchev–Trinajstić information content (AvgIpc) is 2.88. The zero-order valence-corrected chi connectivity index (χ0v) is 11.8. The first kappa shape index (κ1) is 12.8. The van der Waals surface area contributed by atoms with Gasteiger partial charge in [0.2, 0.25) is 6.10 Å². The molecular formula is C17H12N2O3. The second-order valence-corrected chi connectivity index (χ2v) is 5.28. The maximum absolute atomic E-state index is 12.7. The molecule has 0 saturated heterocycles. The van der Waals surface area contributed by atoms with Crippen LogP contribution < -0.4 is 9.64 Å². The lowest BCUT2D eigenvalue weighted by molar-refractivity contribution is -0.121. The smallest absolute Gasteiger partial charge is 0.355 e. The van der Waals surface area contributed by atoms with Gasteiger partial charge >= 0.3 is 6.03 Å². The van der Waals surface area contributed by atoms with Crippen LogP contribution in [-0.4, -0.2) is 23.8 Å². The summed E-state index contributed by atoms with van der Waals surface area (Å²) < 4.78 is 5.67. The third kappa shape index (κ3) is 1.75. The molecule has 22 heavy (non-hydrogen) atoms. The van der Waals surface area contributed by atoms with Crippen molar-refractivity contribution in [2.45, 2.75) is 13.0 Å². The zero-order chi connectivity index (χ0) is 15.3. The van der Waals surface area contributed by atoms with E-state index in [9.17, 15) is 9.59 Å². The second-order valence-electron chi connectivity index (χ2n) is 5.28. The number of benzene rings is 2. The average molecular weight is 292 g/mol. The number of fused-ring (bicyclic) bond motifs is 3. The normalized spacial score (nSPS) is 19.4. The minimum Gasteiger partial charge on any atom is -0.473 e. The lowest BCUT2D eigenvalue weighted by atomic mass is 10.0. The highest BCUT2D eigenvalue weighted by atomic mass is 16.5. The number of aliphatic imine (C=N–C) groups is 1. The molecule has 2 heterocycles. The van der Waals surface area contributed by atoms with Gasteiger partial charge in [-0.25, -0.2) is 9.69 Å². The predicted molar refractivity (Wildman–Crippen MR) is 81.5 cm³/mol. The number of anilines is 1. The SMILES string of the molecule is Cc1ccc(N2C(=O)N=C3c4ccccc4OC3C2=O)cc1. The highest BCUT2D eigenvalue weighted by molar-refractivity contribution is 6.34. The van der Waals surface area contributed by atoms with Gasteiger partial charge in [-0.15, -0.1) is 0 Å². The van der Waals surface area contributed by atoms with Gasteiger partial charge in [0, 0.05) is 5.56 Å². The lowest BCUT2D eigenvalue weighted by Crippen LogP contribution is -2.50. The molecule has 0 bridgehead atoms. The number of aryl methyl sites for hydroxylation is 1. The molecule has 0 radical (unpaired) electrons. The topological polar surface area (TPSA) is 59.0 Å². The van der Waals surface area contributed by atoms with Crippen LogP contribution in [0.2, 0.25) is 0 Å². The molecule has 0 N–H and O–H groups in total. The van der Waals surface area contributed by atoms with Gasteiger partial charge in [-0.2, -0.15) is 4.99 Å². The maximum Gasteiger partial charge on any atom is 0.355 e. The summed E-state index contributed by atoms with van der Waals surface area (Å²) in [6.45, 7) is 1.94. The minimum atomic E-state index is -0.851. The van der Waals surface area contributed by atoms with Gasteiger partial charge in [-0.3, -0.25) is 4.79 Å². The molecule has 2 aliphatic rings. The van der Waals surface area contributed by atoms with Crippen LogP contribution >= 0.6 is 0 Å². The monoisotopic (exact) mass is 292 g/mol. The van der Waals surface area contributed by atoms with Gasteiger partial charge in [0.15, 0.2) is 0 Å². The number of hydrogen-bond donors (Lipinski definition) is 0. The Morgan fingerprint density at radius 2 is 1.77 bits per heavy atom. The van der Waals surface area contributed by atoms with E-state index in [-0.39, 0.29) is 0 Å². The van der Waals surface area contributed by atoms with E-state index in [0.29, 0.717) is 22.7 Å². The number of hydrogen-bond acceptors (Lipinski definition) is 3. The number of carbonyl (C=O) groups is 2. The largest absolute Gasteiger partial charge is 0.473 e. The van der Waals surface area contributed by atoms with Crippen molar-refractivity contribution in [3.63, 3.8) is 0 Å². The number of carbonyl (C=O) groups excluding carboxylic acids is 2. The van der Waals surface area contributed by atoms with E-state index >= 15 is 0 Å². The summed E-state index contributed by atoms with van der Waals surface area (Å²) >= 11 is 0. The van der Waals surface area contributed by atoms with E-state index in [1.165, 1.54) is 0 Å². The summed E-state index contributed by atoms with van der Waals surface area (Å²) in [5.41, 5.74) is 2.66. The molecule has 0 spiro atoms. The van der Waals surface area contributed by atoms with Crippen LogP contribution in [0, 0.1) is 6.92 Å². The second kappa shape index (κ2) is 4.53. The van der Waals surface area contributed by atoms with Crippen LogP contribution in [0.5, 0.6) is 5.75 Å². The van der Waals surface area contributed by atoms with Crippen molar-refractivity contribution in [1.29, 1.82) is 0 Å². The molecule has 0 saturated carbocycles. The summed E-state index contributed by atoms with van der Waals surface area (Å²) in [6, 6.07) is 13.8. The molecule has 2 aromatic rings. The number of imide groups is 1. The van der Waals surface area contributed by atoms with Crippen molar-refractivity contribution in [2.75, 3.05) is 4.90 Å². The Hall–Kier alpha value is -2.95. The van der Waals surface area contributed by atoms with Crippen molar-refractivity contribution >= 4 is 23.3 Å². The van der Waals surface area contributed by atoms with E-state index in [1.54, 1.807) is 24.3 Å². The van der Waals surface area contributed by atoms with Crippen molar-refractivity contribution in [3.8, 4) is 5.75 Å². The van der Waals surface area contributed by atoms with Crippen LogP contribution in [0.4, 0.5) is 10.5 Å². The van der Waals surface area contributed by atoms with Gasteiger partial charge in [0.25, 0.3) is 5.91 Å². The van der Waals surface area contributed by atoms with Gasteiger partial charge in [-0.1, -0.05) is 29.8 Å². The Bertz CT molecular complexity index is 824. The molecule has 0 fully saturated rings. The first-order chi connectivity index (χ1) is 10.6. The van der Waals surface area contributed by atoms with Crippen molar-refractivity contribution in [3.05, 3.63) is 59.7 Å². The number of urea groups is 1. The molecule has 5 heteroatoms. The molecule has 0 aromatic heterocycles. The van der Waals surface area contributed by atoms with E-state index in [4.69, 9.17) is 4.74 Å². The van der Waals surface area contributed by atoms with Crippen LogP contribution in [0.3, 0.4) is 0 Å². The van der Waals surface area contributed by atoms with Gasteiger partial charge in [0.05, 0.1) is 5.69 Å². The first-order valence-electron chi connectivity index (χ1n) is 6.94. The Balaban J connectivity index is 1.78. The van der Waals surface area contributed by atoms with Gasteiger partial charge in [0.1, 0.15) is 11.5 Å². The standard InChI is InChI=1S/C17H12N2O3/c1-10-6-8-11(9-7-10)19-16(20)15-14(18-17(19)21)12-4-2-3-5-13(12)22-15/h2-9,15H,1H3. The van der Waals surface area contributed by atoms with Gasteiger partial charge < -0.3 is 4.74 Å². The lowest BCUT2D eigenvalue weighted by Gasteiger charge is -2.25. The summed E-state index contributed by atoms with van der Waals surface area (Å²) in [4.78, 5) is 30.1. The van der Waals surface area contributed by atoms with E-state index in [2.05, 4.69) is 4.99 Å². The molecule has 1 unspecified atom stereocenters. The van der Waals surface area contributed by atoms with Crippen LogP contribution in [0.15, 0.2) is 53.5 Å². The number of rotatable bonds is 1. The summed E-state index contributed by atoms with van der Waals surface area (Å²) in [7, 11) is 0. The molecule has 0 aliphatic carbocycles. The summed E-state index contributed by atoms with van der Waals surface area (Å²) in [5.74, 6) is 0.174. The molecule has 5 nitrogen and oxygen atoms in total. The predicted octanol–water partition coefficient (Wildman–Crippen LogP) is 2.71. The van der Waals surface area contributed by atoms with Crippen LogP contribution in [0.1, 0.15) is 11.1 Å². The third-order valence-corrected chi connectivity index (χ3v) is 3.80. The van der Waals surface area contributed by atoms with Gasteiger partial charge in [-0.05, 0) is 31.2 Å². The molecule has 3 amide bonds. The molecule has 2 aliphatic heterocycles. The third-order valence-electron chi connectivity index (χ3n) is 3.80. The Kier molecular flexibility index (Phi) is 2.63. The van der Waals surface area contributed by atoms with E-state index in [1.807, 2.05) is 31.2 Å². The highest BCUT2D eigenvalue weighted by Gasteiger charge is 2.44. The van der Waals surface area contributed by atoms with E-state index < -0.39 is 18.0 Å². The molecule has 1 atom stereocenters. The van der Waals surface area contributed by atoms with E-state index in [0.717, 1.165) is 10.5 Å². The van der Waals surface area contributed by atoms with Crippen molar-refractivity contribution in [1.82, 2.24) is 0 Å². The van der Waals surface area contributed by atoms with Crippen molar-refractivity contribution < 1.29 is 14.3 Å². The Labute approximate surface area is 126 Å². The van der Waals surface area contributed by atoms with Crippen molar-refractivity contribution in [2.24, 2.45) is 4.99 Å². The fraction of sp³-hybridized carbons (Fsp3) is 0.118. The Morgan fingerprint density at radius 3 is 2.55 bits per heavy atom. The quantitative estimate of drug-likeness (QED) is 0.812. The number of nitrogens with zero attached hydrogens (tertiary/aromatic N) is 2. The van der Waals surface area contributed by atoms with Crippen LogP contribution in [0.25, 0.3) is 0 Å². The minimum absolute atomic E-state index is 0.397. The molecule has 108 valence electrons. The summed E-state index contributed by atoms with van der Waals surface area (Å²) in [5, 5.41) is 0. The number of ether oxygens (including phenoxy) is 1. The van der Waals surface area contributed by atoms with Crippen LogP contribution in [-0.2, 0) is 4.79 Å². The summed E-state index contributed by atoms with van der Waals surface area (Å²) in [6.07, 6.45) is -0.851. The highest BCUT2D eigenvalue weighted by Crippen LogP contribution is 2.33. The maximum atomic E-state index is 12.7. The zero-order valence-electron chi connectivity index (χ0n) is 11.8.